The number of nitrogens with one attached hydrogen (secondary N) is 1. The second kappa shape index (κ2) is 4.86. The summed E-state index contributed by atoms with van der Waals surface area (Å²) in [6, 6.07) is 10.4. The third-order valence-corrected chi connectivity index (χ3v) is 2.52. The lowest BCUT2D eigenvalue weighted by Gasteiger charge is -2.17. The Hall–Kier alpha value is -1.74. The number of benzene rings is 1. The maximum absolute atomic E-state index is 13.7. The summed E-state index contributed by atoms with van der Waals surface area (Å²) in [6.45, 7) is 0. The monoisotopic (exact) mass is 216 g/mol. The standard InChI is InChI=1S/C13H13FN2/c1-15-13(10-5-4-8-16-9-10)11-6-2-3-7-12(11)14/h2-9,13,15H,1H3. The van der Waals surface area contributed by atoms with E-state index in [4.69, 9.17) is 0 Å². The van der Waals surface area contributed by atoms with Crippen LogP contribution in [0.2, 0.25) is 0 Å². The van der Waals surface area contributed by atoms with E-state index in [1.54, 1.807) is 24.5 Å². The molecule has 82 valence electrons. The van der Waals surface area contributed by atoms with Crippen molar-refractivity contribution in [3.8, 4) is 0 Å². The quantitative estimate of drug-likeness (QED) is 0.852. The lowest BCUT2D eigenvalue weighted by Crippen LogP contribution is -2.18. The second-order valence-electron chi connectivity index (χ2n) is 3.53. The maximum Gasteiger partial charge on any atom is 0.128 e. The third-order valence-electron chi connectivity index (χ3n) is 2.52. The Labute approximate surface area is 94.2 Å². The average molecular weight is 216 g/mol. The fourth-order valence-electron chi connectivity index (χ4n) is 1.76. The van der Waals surface area contributed by atoms with E-state index in [1.807, 2.05) is 25.2 Å². The van der Waals surface area contributed by atoms with Crippen molar-refractivity contribution in [3.63, 3.8) is 0 Å². The Kier molecular flexibility index (Phi) is 3.27. The summed E-state index contributed by atoms with van der Waals surface area (Å²) in [5, 5.41) is 3.10. The van der Waals surface area contributed by atoms with Crippen molar-refractivity contribution in [1.29, 1.82) is 0 Å². The third kappa shape index (κ3) is 2.09. The van der Waals surface area contributed by atoms with Crippen LogP contribution >= 0.6 is 0 Å². The van der Waals surface area contributed by atoms with Gasteiger partial charge in [0.2, 0.25) is 0 Å². The molecule has 0 bridgehead atoms. The number of halogens is 1. The van der Waals surface area contributed by atoms with Gasteiger partial charge in [0.25, 0.3) is 0 Å². The van der Waals surface area contributed by atoms with E-state index in [0.29, 0.717) is 5.56 Å². The van der Waals surface area contributed by atoms with Gasteiger partial charge in [0.05, 0.1) is 6.04 Å². The molecule has 3 heteroatoms. The highest BCUT2D eigenvalue weighted by molar-refractivity contribution is 5.30. The van der Waals surface area contributed by atoms with Crippen LogP contribution in [0.3, 0.4) is 0 Å². The van der Waals surface area contributed by atoms with Crippen molar-refractivity contribution in [2.45, 2.75) is 6.04 Å². The molecule has 1 aromatic heterocycles. The minimum Gasteiger partial charge on any atom is -0.309 e. The molecule has 1 N–H and O–H groups in total. The predicted molar refractivity (Wildman–Crippen MR) is 61.5 cm³/mol. The van der Waals surface area contributed by atoms with Crippen molar-refractivity contribution in [2.24, 2.45) is 0 Å². The second-order valence-corrected chi connectivity index (χ2v) is 3.53. The Morgan fingerprint density at radius 1 is 1.19 bits per heavy atom. The fourth-order valence-corrected chi connectivity index (χ4v) is 1.76. The summed E-state index contributed by atoms with van der Waals surface area (Å²) >= 11 is 0. The van der Waals surface area contributed by atoms with E-state index in [1.165, 1.54) is 6.07 Å². The average Bonchev–Trinajstić information content (AvgIpc) is 2.34. The van der Waals surface area contributed by atoms with Crippen LogP contribution in [0.5, 0.6) is 0 Å². The molecule has 0 aliphatic rings. The topological polar surface area (TPSA) is 24.9 Å². The molecule has 1 aromatic carbocycles. The van der Waals surface area contributed by atoms with Gasteiger partial charge >= 0.3 is 0 Å². The molecule has 1 unspecified atom stereocenters. The first-order chi connectivity index (χ1) is 7.83. The van der Waals surface area contributed by atoms with Gasteiger partial charge in [-0.15, -0.1) is 0 Å². The Morgan fingerprint density at radius 3 is 2.62 bits per heavy atom. The van der Waals surface area contributed by atoms with Gasteiger partial charge in [-0.3, -0.25) is 4.98 Å². The zero-order chi connectivity index (χ0) is 11.4. The van der Waals surface area contributed by atoms with Crippen molar-refractivity contribution in [1.82, 2.24) is 10.3 Å². The highest BCUT2D eigenvalue weighted by Gasteiger charge is 2.15. The van der Waals surface area contributed by atoms with Crippen LogP contribution in [0.4, 0.5) is 4.39 Å². The molecular weight excluding hydrogens is 203 g/mol. The highest BCUT2D eigenvalue weighted by Crippen LogP contribution is 2.22. The largest absolute Gasteiger partial charge is 0.309 e. The maximum atomic E-state index is 13.7. The zero-order valence-electron chi connectivity index (χ0n) is 9.02. The molecule has 0 aliphatic carbocycles. The smallest absolute Gasteiger partial charge is 0.128 e. The molecule has 0 radical (unpaired) electrons. The molecule has 0 fully saturated rings. The first-order valence-electron chi connectivity index (χ1n) is 5.14. The molecule has 1 atom stereocenters. The van der Waals surface area contributed by atoms with E-state index in [2.05, 4.69) is 10.3 Å². The van der Waals surface area contributed by atoms with Crippen LogP contribution in [-0.4, -0.2) is 12.0 Å². The fraction of sp³-hybridized carbons (Fsp3) is 0.154. The summed E-state index contributed by atoms with van der Waals surface area (Å²) in [5.41, 5.74) is 1.59. The van der Waals surface area contributed by atoms with E-state index in [-0.39, 0.29) is 11.9 Å². The van der Waals surface area contributed by atoms with Gasteiger partial charge in [0.1, 0.15) is 5.82 Å². The van der Waals surface area contributed by atoms with Crippen LogP contribution in [0.25, 0.3) is 0 Å². The van der Waals surface area contributed by atoms with E-state index >= 15 is 0 Å². The molecular formula is C13H13FN2. The summed E-state index contributed by atoms with van der Waals surface area (Å²) < 4.78 is 13.7. The van der Waals surface area contributed by atoms with Gasteiger partial charge in [0.15, 0.2) is 0 Å². The van der Waals surface area contributed by atoms with Crippen molar-refractivity contribution < 1.29 is 4.39 Å². The molecule has 2 rings (SSSR count). The number of pyridine rings is 1. The highest BCUT2D eigenvalue weighted by atomic mass is 19.1. The van der Waals surface area contributed by atoms with E-state index < -0.39 is 0 Å². The molecule has 0 amide bonds. The van der Waals surface area contributed by atoms with Gasteiger partial charge < -0.3 is 5.32 Å². The molecule has 0 saturated heterocycles. The van der Waals surface area contributed by atoms with Crippen molar-refractivity contribution in [2.75, 3.05) is 7.05 Å². The molecule has 16 heavy (non-hydrogen) atoms. The van der Waals surface area contributed by atoms with Crippen LogP contribution in [-0.2, 0) is 0 Å². The number of aromatic nitrogens is 1. The number of nitrogens with zero attached hydrogens (tertiary/aromatic N) is 1. The zero-order valence-corrected chi connectivity index (χ0v) is 9.02. The minimum atomic E-state index is -0.203. The lowest BCUT2D eigenvalue weighted by atomic mass is 10.00. The van der Waals surface area contributed by atoms with E-state index in [0.717, 1.165) is 5.56 Å². The van der Waals surface area contributed by atoms with Gasteiger partial charge in [-0.2, -0.15) is 0 Å². The molecule has 0 aliphatic heterocycles. The number of hydrogen-bond acceptors (Lipinski definition) is 2. The summed E-state index contributed by atoms with van der Waals surface area (Å²) in [5.74, 6) is -0.203. The van der Waals surface area contributed by atoms with E-state index in [9.17, 15) is 4.39 Å². The molecule has 2 nitrogen and oxygen atoms in total. The van der Waals surface area contributed by atoms with Crippen molar-refractivity contribution >= 4 is 0 Å². The van der Waals surface area contributed by atoms with Gasteiger partial charge in [-0.1, -0.05) is 24.3 Å². The summed E-state index contributed by atoms with van der Waals surface area (Å²) in [6.07, 6.45) is 3.45. The van der Waals surface area contributed by atoms with Crippen LogP contribution in [0.15, 0.2) is 48.8 Å². The van der Waals surface area contributed by atoms with Gasteiger partial charge in [-0.05, 0) is 24.7 Å². The molecule has 1 heterocycles. The normalized spacial score (nSPS) is 12.4. The Balaban J connectivity index is 2.41. The summed E-state index contributed by atoms with van der Waals surface area (Å²) in [7, 11) is 1.81. The SMILES string of the molecule is CNC(c1cccnc1)c1ccccc1F. The van der Waals surface area contributed by atoms with Crippen LogP contribution < -0.4 is 5.32 Å². The van der Waals surface area contributed by atoms with Crippen LogP contribution in [0.1, 0.15) is 17.2 Å². The lowest BCUT2D eigenvalue weighted by molar-refractivity contribution is 0.575. The molecule has 0 saturated carbocycles. The Bertz CT molecular complexity index is 456. The minimum absolute atomic E-state index is 0.157. The molecule has 2 aromatic rings. The van der Waals surface area contributed by atoms with Crippen molar-refractivity contribution in [3.05, 3.63) is 65.7 Å². The molecule has 0 spiro atoms. The van der Waals surface area contributed by atoms with Crippen LogP contribution in [0, 0.1) is 5.82 Å². The summed E-state index contributed by atoms with van der Waals surface area (Å²) in [4.78, 5) is 4.05. The Morgan fingerprint density at radius 2 is 2.00 bits per heavy atom. The predicted octanol–water partition coefficient (Wildman–Crippen LogP) is 2.53. The first kappa shape index (κ1) is 10.8. The number of hydrogen-bond donors (Lipinski definition) is 1. The van der Waals surface area contributed by atoms with Gasteiger partial charge in [0, 0.05) is 18.0 Å². The number of rotatable bonds is 3. The first-order valence-corrected chi connectivity index (χ1v) is 5.14. The van der Waals surface area contributed by atoms with Gasteiger partial charge in [-0.25, -0.2) is 4.39 Å².